The first-order valence-corrected chi connectivity index (χ1v) is 7.65. The summed E-state index contributed by atoms with van der Waals surface area (Å²) in [6.07, 6.45) is -3.72. The number of alkyl halides is 3. The third-order valence-electron chi connectivity index (χ3n) is 3.75. The molecule has 26 heavy (non-hydrogen) atoms. The van der Waals surface area contributed by atoms with Gasteiger partial charge >= 0.3 is 12.3 Å². The highest BCUT2D eigenvalue weighted by Gasteiger charge is 2.38. The fourth-order valence-corrected chi connectivity index (χ4v) is 2.64. The van der Waals surface area contributed by atoms with E-state index in [1.54, 1.807) is 54.6 Å². The molecule has 0 amide bonds. The number of halogens is 3. The first kappa shape index (κ1) is 17.6. The second kappa shape index (κ2) is 6.95. The normalized spacial score (nSPS) is 11.3. The predicted molar refractivity (Wildman–Crippen MR) is 86.4 cm³/mol. The van der Waals surface area contributed by atoms with Gasteiger partial charge in [0.2, 0.25) is 12.3 Å². The fourth-order valence-electron chi connectivity index (χ4n) is 2.64. The van der Waals surface area contributed by atoms with Crippen LogP contribution in [0, 0.1) is 0 Å². The Morgan fingerprint density at radius 3 is 2.27 bits per heavy atom. The summed E-state index contributed by atoms with van der Waals surface area (Å²) in [5, 5.41) is 0.829. The molecule has 0 aliphatic rings. The van der Waals surface area contributed by atoms with Crippen molar-refractivity contribution in [1.29, 1.82) is 0 Å². The van der Waals surface area contributed by atoms with E-state index < -0.39 is 12.3 Å². The highest BCUT2D eigenvalue weighted by molar-refractivity contribution is 6.01. The number of carbonyl (C=O) groups is 2. The third-order valence-corrected chi connectivity index (χ3v) is 3.75. The lowest BCUT2D eigenvalue weighted by atomic mass is 10.1. The summed E-state index contributed by atoms with van der Waals surface area (Å²) >= 11 is 0. The van der Waals surface area contributed by atoms with Crippen molar-refractivity contribution < 1.29 is 32.1 Å². The van der Waals surface area contributed by atoms with Crippen molar-refractivity contribution in [3.63, 3.8) is 0 Å². The van der Waals surface area contributed by atoms with Gasteiger partial charge in [0.05, 0.1) is 5.39 Å². The Labute approximate surface area is 146 Å². The number of esters is 1. The van der Waals surface area contributed by atoms with Crippen LogP contribution in [0.1, 0.15) is 20.8 Å². The molecule has 0 bridgehead atoms. The predicted octanol–water partition coefficient (Wildman–Crippen LogP) is 3.69. The van der Waals surface area contributed by atoms with Crippen LogP contribution in [0.15, 0.2) is 66.9 Å². The van der Waals surface area contributed by atoms with Crippen LogP contribution in [0.2, 0.25) is 0 Å². The Balaban J connectivity index is 2.05. The Morgan fingerprint density at radius 2 is 1.58 bits per heavy atom. The van der Waals surface area contributed by atoms with Crippen LogP contribution >= 0.6 is 0 Å². The molecule has 0 saturated heterocycles. The Kier molecular flexibility index (Phi) is 4.71. The topological polar surface area (TPSA) is 47.2 Å². The number of ether oxygens (including phenoxy) is 1. The molecule has 132 valence electrons. The summed E-state index contributed by atoms with van der Waals surface area (Å²) in [6, 6.07) is 16.4. The summed E-state index contributed by atoms with van der Waals surface area (Å²) in [7, 11) is 0. The highest BCUT2D eigenvalue weighted by atomic mass is 19.4. The van der Waals surface area contributed by atoms with Crippen LogP contribution in [0.25, 0.3) is 10.8 Å². The van der Waals surface area contributed by atoms with Crippen molar-refractivity contribution in [2.75, 3.05) is 0 Å². The van der Waals surface area contributed by atoms with Crippen LogP contribution < -0.4 is 4.57 Å². The number of aromatic nitrogens is 1. The quantitative estimate of drug-likeness (QED) is 0.405. The van der Waals surface area contributed by atoms with E-state index in [0.717, 1.165) is 0 Å². The van der Waals surface area contributed by atoms with Gasteiger partial charge in [-0.2, -0.15) is 4.57 Å². The van der Waals surface area contributed by atoms with Crippen LogP contribution in [-0.4, -0.2) is 18.1 Å². The largest absolute Gasteiger partial charge is 0.575 e. The number of benzene rings is 2. The molecule has 1 heterocycles. The van der Waals surface area contributed by atoms with Gasteiger partial charge in [-0.1, -0.05) is 48.5 Å². The summed E-state index contributed by atoms with van der Waals surface area (Å²) in [5.41, 5.74) is 0.0630. The van der Waals surface area contributed by atoms with Gasteiger partial charge in [-0.05, 0) is 11.5 Å². The van der Waals surface area contributed by atoms with E-state index in [4.69, 9.17) is 0 Å². The fraction of sp³-hybridized carbons (Fsp3) is 0.105. The van der Waals surface area contributed by atoms with Gasteiger partial charge in [0, 0.05) is 11.6 Å². The molecular weight excluding hydrogens is 347 g/mol. The molecule has 0 spiro atoms. The minimum atomic E-state index is -5.12. The Hall–Kier alpha value is -3.22. The standard InChI is InChI=1S/C19H13F3NO3/c20-19(21,22)26-18(25)17-15-9-5-4-6-13(15)10-11-23(17)12-16(24)14-7-2-1-3-8-14/h1-11H,12H2/q+1. The van der Waals surface area contributed by atoms with Gasteiger partial charge in [0.1, 0.15) is 0 Å². The number of rotatable bonds is 4. The van der Waals surface area contributed by atoms with Gasteiger partial charge in [-0.3, -0.25) is 4.79 Å². The van der Waals surface area contributed by atoms with Gasteiger partial charge in [0.15, 0.2) is 6.20 Å². The minimum Gasteiger partial charge on any atom is -0.365 e. The van der Waals surface area contributed by atoms with Crippen molar-refractivity contribution in [3.8, 4) is 0 Å². The van der Waals surface area contributed by atoms with Crippen LogP contribution in [0.3, 0.4) is 0 Å². The molecule has 3 aromatic rings. The molecule has 0 saturated carbocycles. The summed E-state index contributed by atoms with van der Waals surface area (Å²) in [6.45, 7) is -0.295. The molecule has 7 heteroatoms. The van der Waals surface area contributed by atoms with Gasteiger partial charge in [0.25, 0.3) is 5.69 Å². The van der Waals surface area contributed by atoms with E-state index in [9.17, 15) is 22.8 Å². The molecule has 0 aliphatic heterocycles. The number of hydrogen-bond donors (Lipinski definition) is 0. The molecule has 0 aliphatic carbocycles. The molecule has 0 unspecified atom stereocenters. The smallest absolute Gasteiger partial charge is 0.365 e. The number of hydrogen-bond acceptors (Lipinski definition) is 3. The van der Waals surface area contributed by atoms with E-state index in [-0.39, 0.29) is 23.4 Å². The highest BCUT2D eigenvalue weighted by Crippen LogP contribution is 2.22. The second-order valence-electron chi connectivity index (χ2n) is 5.50. The van der Waals surface area contributed by atoms with E-state index in [1.807, 2.05) is 0 Å². The minimum absolute atomic E-state index is 0.269. The maximum Gasteiger partial charge on any atom is 0.575 e. The zero-order chi connectivity index (χ0) is 18.7. The van der Waals surface area contributed by atoms with E-state index in [2.05, 4.69) is 4.74 Å². The monoisotopic (exact) mass is 360 g/mol. The number of fused-ring (bicyclic) bond motifs is 1. The van der Waals surface area contributed by atoms with Crippen molar-refractivity contribution in [2.24, 2.45) is 0 Å². The zero-order valence-corrected chi connectivity index (χ0v) is 13.4. The molecule has 2 aromatic carbocycles. The maximum atomic E-state index is 12.5. The van der Waals surface area contributed by atoms with Gasteiger partial charge < -0.3 is 4.74 Å². The number of nitrogens with zero attached hydrogens (tertiary/aromatic N) is 1. The average molecular weight is 360 g/mol. The van der Waals surface area contributed by atoms with E-state index in [0.29, 0.717) is 10.9 Å². The van der Waals surface area contributed by atoms with E-state index >= 15 is 0 Å². The van der Waals surface area contributed by atoms with Crippen LogP contribution in [0.5, 0.6) is 0 Å². The molecule has 1 aromatic heterocycles. The SMILES string of the molecule is O=C(C[n+]1ccc2ccccc2c1C(=O)OC(F)(F)F)c1ccccc1. The van der Waals surface area contributed by atoms with Crippen molar-refractivity contribution in [2.45, 2.75) is 12.9 Å². The Morgan fingerprint density at radius 1 is 0.923 bits per heavy atom. The van der Waals surface area contributed by atoms with Crippen LogP contribution in [-0.2, 0) is 11.3 Å². The third kappa shape index (κ3) is 3.88. The van der Waals surface area contributed by atoms with Crippen molar-refractivity contribution >= 4 is 22.5 Å². The molecule has 0 radical (unpaired) electrons. The summed E-state index contributed by atoms with van der Waals surface area (Å²) in [5.74, 6) is -1.90. The van der Waals surface area contributed by atoms with Crippen LogP contribution in [0.4, 0.5) is 13.2 Å². The summed E-state index contributed by atoms with van der Waals surface area (Å²) < 4.78 is 42.4. The molecule has 3 rings (SSSR count). The lowest BCUT2D eigenvalue weighted by Gasteiger charge is -2.09. The van der Waals surface area contributed by atoms with Gasteiger partial charge in [-0.25, -0.2) is 4.79 Å². The second-order valence-corrected chi connectivity index (χ2v) is 5.50. The number of Topliss-reactive ketones (excluding diaryl/α,β-unsaturated/α-hetero) is 1. The molecule has 0 fully saturated rings. The number of pyridine rings is 1. The molecule has 4 nitrogen and oxygen atoms in total. The lowest BCUT2D eigenvalue weighted by molar-refractivity contribution is -0.684. The number of ketones is 1. The zero-order valence-electron chi connectivity index (χ0n) is 13.4. The maximum absolute atomic E-state index is 12.5. The van der Waals surface area contributed by atoms with Crippen molar-refractivity contribution in [1.82, 2.24) is 0 Å². The molecular formula is C19H13F3NO3+. The molecule has 0 atom stereocenters. The number of carbonyl (C=O) groups excluding carboxylic acids is 2. The average Bonchev–Trinajstić information content (AvgIpc) is 2.60. The first-order valence-electron chi connectivity index (χ1n) is 7.65. The summed E-state index contributed by atoms with van der Waals surface area (Å²) in [4.78, 5) is 24.6. The Bertz CT molecular complexity index is 969. The first-order chi connectivity index (χ1) is 12.3. The van der Waals surface area contributed by atoms with E-state index in [1.165, 1.54) is 16.8 Å². The van der Waals surface area contributed by atoms with Crippen molar-refractivity contribution in [3.05, 3.63) is 78.1 Å². The van der Waals surface area contributed by atoms with Gasteiger partial charge in [-0.15, -0.1) is 13.2 Å². The molecule has 0 N–H and O–H groups in total. The lowest BCUT2D eigenvalue weighted by Crippen LogP contribution is -2.44.